The summed E-state index contributed by atoms with van der Waals surface area (Å²) >= 11 is 0. The number of amides is 1. The van der Waals surface area contributed by atoms with E-state index in [1.165, 1.54) is 4.90 Å². The highest BCUT2D eigenvalue weighted by Gasteiger charge is 2.29. The summed E-state index contributed by atoms with van der Waals surface area (Å²) in [5.41, 5.74) is -0.202. The quantitative estimate of drug-likeness (QED) is 0.572. The van der Waals surface area contributed by atoms with Crippen LogP contribution in [0.4, 0.5) is 5.69 Å². The highest BCUT2D eigenvalue weighted by molar-refractivity contribution is 5.77. The third-order valence-corrected chi connectivity index (χ3v) is 3.09. The summed E-state index contributed by atoms with van der Waals surface area (Å²) in [7, 11) is 0. The van der Waals surface area contributed by atoms with Gasteiger partial charge in [-0.05, 0) is 0 Å². The van der Waals surface area contributed by atoms with Crippen LogP contribution in [0.2, 0.25) is 0 Å². The number of nitrogens with zero attached hydrogens (tertiary/aromatic N) is 4. The van der Waals surface area contributed by atoms with Gasteiger partial charge in [-0.1, -0.05) is 0 Å². The molecule has 1 unspecified atom stereocenters. The van der Waals surface area contributed by atoms with E-state index in [-0.39, 0.29) is 31.2 Å². The molecule has 21 heavy (non-hydrogen) atoms. The summed E-state index contributed by atoms with van der Waals surface area (Å²) in [5.74, 6) is -1.36. The Balaban J connectivity index is 2.02. The molecule has 1 N–H and O–H groups in total. The number of rotatable bonds is 5. The lowest BCUT2D eigenvalue weighted by Crippen LogP contribution is -2.50. The number of carbonyl (C=O) groups excluding carboxylic acids is 1. The summed E-state index contributed by atoms with van der Waals surface area (Å²) < 4.78 is 6.34. The molecular formula is C11H14N4O6. The minimum Gasteiger partial charge on any atom is -0.481 e. The molecule has 2 rings (SSSR count). The number of morpholine rings is 1. The Morgan fingerprint density at radius 2 is 2.33 bits per heavy atom. The van der Waals surface area contributed by atoms with Crippen LogP contribution in [-0.2, 0) is 20.9 Å². The van der Waals surface area contributed by atoms with Gasteiger partial charge in [0.05, 0.1) is 30.6 Å². The molecular weight excluding hydrogens is 284 g/mol. The Kier molecular flexibility index (Phi) is 4.48. The molecule has 1 aromatic rings. The summed E-state index contributed by atoms with van der Waals surface area (Å²) in [6, 6.07) is -0.533. The second-order valence-electron chi connectivity index (χ2n) is 4.57. The summed E-state index contributed by atoms with van der Waals surface area (Å²) in [5, 5.41) is 23.1. The molecule has 0 bridgehead atoms. The summed E-state index contributed by atoms with van der Waals surface area (Å²) in [6.45, 7) is 0.614. The van der Waals surface area contributed by atoms with E-state index in [0.29, 0.717) is 13.2 Å². The zero-order valence-corrected chi connectivity index (χ0v) is 11.0. The van der Waals surface area contributed by atoms with Crippen molar-refractivity contribution in [3.8, 4) is 0 Å². The van der Waals surface area contributed by atoms with Gasteiger partial charge in [-0.2, -0.15) is 5.10 Å². The number of hydrogen-bond donors (Lipinski definition) is 1. The van der Waals surface area contributed by atoms with Crippen LogP contribution in [-0.4, -0.2) is 62.4 Å². The highest BCUT2D eigenvalue weighted by Crippen LogP contribution is 2.13. The van der Waals surface area contributed by atoms with Crippen LogP contribution in [0, 0.1) is 10.1 Å². The molecule has 1 aliphatic heterocycles. The number of aliphatic carboxylic acids is 1. The van der Waals surface area contributed by atoms with Crippen molar-refractivity contribution in [3.05, 3.63) is 22.5 Å². The number of aromatic nitrogens is 2. The third kappa shape index (κ3) is 3.75. The highest BCUT2D eigenvalue weighted by atomic mass is 16.6. The molecule has 1 aromatic heterocycles. The molecule has 2 heterocycles. The summed E-state index contributed by atoms with van der Waals surface area (Å²) in [6.07, 6.45) is 2.01. The molecule has 10 heteroatoms. The molecule has 1 amide bonds. The molecule has 0 saturated carbocycles. The van der Waals surface area contributed by atoms with Gasteiger partial charge >= 0.3 is 11.7 Å². The number of ether oxygens (including phenoxy) is 1. The minimum absolute atomic E-state index is 0.164. The van der Waals surface area contributed by atoms with Crippen molar-refractivity contribution < 1.29 is 24.4 Å². The number of carboxylic acids is 1. The van der Waals surface area contributed by atoms with Crippen molar-refractivity contribution in [1.82, 2.24) is 14.7 Å². The van der Waals surface area contributed by atoms with E-state index in [1.807, 2.05) is 0 Å². The maximum Gasteiger partial charge on any atom is 0.307 e. The van der Waals surface area contributed by atoms with Crippen molar-refractivity contribution >= 4 is 17.6 Å². The first-order chi connectivity index (χ1) is 9.97. The Morgan fingerprint density at radius 3 is 2.95 bits per heavy atom. The van der Waals surface area contributed by atoms with Crippen molar-refractivity contribution in [3.63, 3.8) is 0 Å². The summed E-state index contributed by atoms with van der Waals surface area (Å²) in [4.78, 5) is 34.3. The number of nitro groups is 1. The van der Waals surface area contributed by atoms with Gasteiger partial charge < -0.3 is 14.7 Å². The van der Waals surface area contributed by atoms with Crippen molar-refractivity contribution in [1.29, 1.82) is 0 Å². The van der Waals surface area contributed by atoms with Crippen LogP contribution < -0.4 is 0 Å². The van der Waals surface area contributed by atoms with Gasteiger partial charge in [-0.3, -0.25) is 24.4 Å². The fourth-order valence-corrected chi connectivity index (χ4v) is 2.12. The zero-order valence-electron chi connectivity index (χ0n) is 11.0. The predicted octanol–water partition coefficient (Wildman–Crippen LogP) is -0.507. The van der Waals surface area contributed by atoms with E-state index in [2.05, 4.69) is 5.10 Å². The molecule has 1 fully saturated rings. The van der Waals surface area contributed by atoms with Crippen LogP contribution in [0.25, 0.3) is 0 Å². The molecule has 1 atom stereocenters. The predicted molar refractivity (Wildman–Crippen MR) is 67.5 cm³/mol. The Bertz CT molecular complexity index is 557. The number of carboxylic acid groups (broad SMARTS) is 1. The Hall–Kier alpha value is -2.49. The van der Waals surface area contributed by atoms with Gasteiger partial charge in [0.15, 0.2) is 0 Å². The Labute approximate surface area is 119 Å². The second kappa shape index (κ2) is 6.31. The molecule has 0 radical (unpaired) electrons. The van der Waals surface area contributed by atoms with Gasteiger partial charge in [0.1, 0.15) is 18.9 Å². The normalized spacial score (nSPS) is 18.5. The fraction of sp³-hybridized carbons (Fsp3) is 0.545. The smallest absolute Gasteiger partial charge is 0.307 e. The lowest BCUT2D eigenvalue weighted by molar-refractivity contribution is -0.385. The van der Waals surface area contributed by atoms with Crippen molar-refractivity contribution in [2.75, 3.05) is 19.8 Å². The van der Waals surface area contributed by atoms with E-state index in [9.17, 15) is 19.7 Å². The lowest BCUT2D eigenvalue weighted by Gasteiger charge is -2.34. The molecule has 1 aliphatic rings. The number of carbonyl (C=O) groups is 2. The van der Waals surface area contributed by atoms with E-state index in [4.69, 9.17) is 9.84 Å². The second-order valence-corrected chi connectivity index (χ2v) is 4.57. The maximum atomic E-state index is 12.2. The lowest BCUT2D eigenvalue weighted by atomic mass is 10.1. The topological polar surface area (TPSA) is 128 Å². The molecule has 0 aliphatic carbocycles. The first kappa shape index (κ1) is 14.9. The van der Waals surface area contributed by atoms with Gasteiger partial charge in [-0.15, -0.1) is 0 Å². The zero-order chi connectivity index (χ0) is 15.4. The minimum atomic E-state index is -1.02. The third-order valence-electron chi connectivity index (χ3n) is 3.09. The largest absolute Gasteiger partial charge is 0.481 e. The SMILES string of the molecule is O=C(O)CC1COCCN1C(=O)Cn1cc([N+](=O)[O-])cn1. The monoisotopic (exact) mass is 298 g/mol. The average Bonchev–Trinajstić information content (AvgIpc) is 2.87. The van der Waals surface area contributed by atoms with Crippen molar-refractivity contribution in [2.45, 2.75) is 19.0 Å². The molecule has 0 aromatic carbocycles. The van der Waals surface area contributed by atoms with Crippen LogP contribution in [0.5, 0.6) is 0 Å². The molecule has 114 valence electrons. The standard InChI is InChI=1S/C11H14N4O6/c16-10(6-13-5-9(4-12-13)15(19)20)14-1-2-21-7-8(14)3-11(17)18/h4-5,8H,1-3,6-7H2,(H,17,18). The maximum absolute atomic E-state index is 12.2. The van der Waals surface area contributed by atoms with Crippen molar-refractivity contribution in [2.24, 2.45) is 0 Å². The van der Waals surface area contributed by atoms with Crippen LogP contribution in [0.3, 0.4) is 0 Å². The molecule has 10 nitrogen and oxygen atoms in total. The van der Waals surface area contributed by atoms with Crippen LogP contribution >= 0.6 is 0 Å². The van der Waals surface area contributed by atoms with Gasteiger partial charge in [0, 0.05) is 6.54 Å². The van der Waals surface area contributed by atoms with Crippen LogP contribution in [0.15, 0.2) is 12.4 Å². The van der Waals surface area contributed by atoms with Gasteiger partial charge in [0.25, 0.3) is 0 Å². The molecule has 1 saturated heterocycles. The fourth-order valence-electron chi connectivity index (χ4n) is 2.12. The first-order valence-corrected chi connectivity index (χ1v) is 6.23. The molecule has 0 spiro atoms. The van der Waals surface area contributed by atoms with E-state index in [1.54, 1.807) is 0 Å². The van der Waals surface area contributed by atoms with Crippen LogP contribution in [0.1, 0.15) is 6.42 Å². The van der Waals surface area contributed by atoms with E-state index < -0.39 is 16.9 Å². The average molecular weight is 298 g/mol. The van der Waals surface area contributed by atoms with Gasteiger partial charge in [0.2, 0.25) is 5.91 Å². The van der Waals surface area contributed by atoms with Gasteiger partial charge in [-0.25, -0.2) is 0 Å². The van der Waals surface area contributed by atoms with E-state index in [0.717, 1.165) is 17.1 Å². The Morgan fingerprint density at radius 1 is 1.57 bits per heavy atom. The number of hydrogen-bond acceptors (Lipinski definition) is 6. The van der Waals surface area contributed by atoms with E-state index >= 15 is 0 Å². The first-order valence-electron chi connectivity index (χ1n) is 6.23.